The van der Waals surface area contributed by atoms with Crippen LogP contribution in [-0.4, -0.2) is 52.1 Å². The summed E-state index contributed by atoms with van der Waals surface area (Å²) in [4.78, 5) is 40.6. The molecular formula is C31H36Cl2F3N7O2. The number of carbonyl (C=O) groups is 2. The first-order valence-electron chi connectivity index (χ1n) is 15.2. The second-order valence-electron chi connectivity index (χ2n) is 13.5. The molecule has 2 aliphatic carbocycles. The molecule has 242 valence electrons. The number of hydrogen-bond acceptors (Lipinski definition) is 6. The number of carbonyl (C=O) groups excluding carboxylic acids is 2. The lowest BCUT2D eigenvalue weighted by molar-refractivity contribution is -0.182. The van der Waals surface area contributed by atoms with E-state index in [0.29, 0.717) is 61.6 Å². The first-order chi connectivity index (χ1) is 21.2. The highest BCUT2D eigenvalue weighted by Crippen LogP contribution is 2.47. The Hall–Kier alpha value is -3.25. The van der Waals surface area contributed by atoms with E-state index in [9.17, 15) is 22.8 Å². The summed E-state index contributed by atoms with van der Waals surface area (Å²) in [6.45, 7) is 7.27. The number of anilines is 3. The van der Waals surface area contributed by atoms with Crippen molar-refractivity contribution in [1.29, 1.82) is 0 Å². The van der Waals surface area contributed by atoms with Crippen LogP contribution in [0.2, 0.25) is 10.0 Å². The summed E-state index contributed by atoms with van der Waals surface area (Å²) in [7, 11) is 0. The number of piperidine rings is 1. The second kappa shape index (κ2) is 11.8. The number of amides is 2. The third-order valence-electron chi connectivity index (χ3n) is 9.03. The van der Waals surface area contributed by atoms with Crippen LogP contribution in [0, 0.1) is 23.2 Å². The Morgan fingerprint density at radius 2 is 1.73 bits per heavy atom. The molecule has 3 heterocycles. The molecule has 2 saturated carbocycles. The quantitative estimate of drug-likeness (QED) is 0.217. The Morgan fingerprint density at radius 3 is 2.38 bits per heavy atom. The lowest BCUT2D eigenvalue weighted by Crippen LogP contribution is -2.40. The van der Waals surface area contributed by atoms with Gasteiger partial charge in [-0.15, -0.1) is 0 Å². The van der Waals surface area contributed by atoms with E-state index in [1.54, 1.807) is 18.2 Å². The normalized spacial score (nSPS) is 23.2. The van der Waals surface area contributed by atoms with Crippen LogP contribution in [0.25, 0.3) is 11.2 Å². The Bertz CT molecular complexity index is 1620. The van der Waals surface area contributed by atoms with Crippen molar-refractivity contribution < 1.29 is 22.8 Å². The molecule has 0 spiro atoms. The third kappa shape index (κ3) is 6.82. The van der Waals surface area contributed by atoms with Crippen LogP contribution in [-0.2, 0) is 11.3 Å². The molecule has 0 radical (unpaired) electrons. The summed E-state index contributed by atoms with van der Waals surface area (Å²) < 4.78 is 39.5. The highest BCUT2D eigenvalue weighted by atomic mass is 35.5. The fourth-order valence-corrected chi connectivity index (χ4v) is 6.74. The number of aromatic amines is 1. The number of rotatable bonds is 7. The maximum absolute atomic E-state index is 13.6. The zero-order chi connectivity index (χ0) is 32.3. The molecule has 2 aromatic heterocycles. The van der Waals surface area contributed by atoms with Crippen LogP contribution in [0.3, 0.4) is 0 Å². The van der Waals surface area contributed by atoms with E-state index in [0.717, 1.165) is 13.1 Å². The van der Waals surface area contributed by atoms with E-state index in [1.807, 2.05) is 20.8 Å². The highest BCUT2D eigenvalue weighted by molar-refractivity contribution is 6.39. The second-order valence-corrected chi connectivity index (χ2v) is 14.3. The summed E-state index contributed by atoms with van der Waals surface area (Å²) in [5.41, 5.74) is 1.72. The average molecular weight is 667 g/mol. The standard InChI is InChI=1S/C31H36Cl2F3N7O2/c1-30(2,3)28(45)37-12-15-4-9-21(32)24(23(15)33)40-29-39-22-11-20(26(41-25(22)42-29)43-13-16-10-17(16)14-43)27(44)38-19-7-5-18(6-8-19)31(34,35)36/h4,9,11,16-19H,5-8,10,12-14H2,1-3H3,(H,37,45)(H,38,44)(H2,39,40,41,42)/t16?,17?,18-,19-. The smallest absolute Gasteiger partial charge is 0.355 e. The van der Waals surface area contributed by atoms with Gasteiger partial charge in [0.25, 0.3) is 5.91 Å². The van der Waals surface area contributed by atoms with Crippen molar-refractivity contribution in [1.82, 2.24) is 25.6 Å². The molecular weight excluding hydrogens is 630 g/mol. The van der Waals surface area contributed by atoms with E-state index < -0.39 is 17.5 Å². The molecule has 1 aliphatic heterocycles. The van der Waals surface area contributed by atoms with Gasteiger partial charge in [0.05, 0.1) is 27.2 Å². The average Bonchev–Trinajstić information content (AvgIpc) is 3.38. The van der Waals surface area contributed by atoms with Gasteiger partial charge in [-0.2, -0.15) is 13.2 Å². The van der Waals surface area contributed by atoms with Crippen molar-refractivity contribution in [2.75, 3.05) is 23.3 Å². The number of imidazole rings is 1. The van der Waals surface area contributed by atoms with Gasteiger partial charge in [0.2, 0.25) is 11.9 Å². The highest BCUT2D eigenvalue weighted by Gasteiger charge is 2.46. The first kappa shape index (κ1) is 31.7. The number of halogens is 5. The Morgan fingerprint density at radius 1 is 1.04 bits per heavy atom. The number of alkyl halides is 3. The molecule has 0 bridgehead atoms. The number of fused-ring (bicyclic) bond motifs is 2. The minimum atomic E-state index is -4.21. The molecule has 3 aromatic rings. The number of benzene rings is 1. The molecule has 1 saturated heterocycles. The van der Waals surface area contributed by atoms with Crippen molar-refractivity contribution in [2.45, 2.75) is 71.6 Å². The molecule has 4 N–H and O–H groups in total. The number of nitrogens with zero attached hydrogens (tertiary/aromatic N) is 3. The van der Waals surface area contributed by atoms with Gasteiger partial charge in [0.15, 0.2) is 5.65 Å². The lowest BCUT2D eigenvalue weighted by Gasteiger charge is -2.30. The first-order valence-corrected chi connectivity index (χ1v) is 16.0. The third-order valence-corrected chi connectivity index (χ3v) is 9.78. The van der Waals surface area contributed by atoms with E-state index >= 15 is 0 Å². The van der Waals surface area contributed by atoms with Crippen LogP contribution in [0.5, 0.6) is 0 Å². The molecule has 2 amide bonds. The molecule has 2 atom stereocenters. The van der Waals surface area contributed by atoms with Gasteiger partial charge < -0.3 is 25.8 Å². The summed E-state index contributed by atoms with van der Waals surface area (Å²) in [5.74, 6) is 0.180. The molecule has 14 heteroatoms. The molecule has 45 heavy (non-hydrogen) atoms. The molecule has 1 aromatic carbocycles. The van der Waals surface area contributed by atoms with Gasteiger partial charge in [-0.05, 0) is 61.6 Å². The summed E-state index contributed by atoms with van der Waals surface area (Å²) >= 11 is 13.2. The maximum Gasteiger partial charge on any atom is 0.391 e. The minimum absolute atomic E-state index is 0.00223. The van der Waals surface area contributed by atoms with Crippen molar-refractivity contribution in [3.8, 4) is 0 Å². The number of pyridine rings is 1. The monoisotopic (exact) mass is 665 g/mol. The molecule has 2 unspecified atom stereocenters. The summed E-state index contributed by atoms with van der Waals surface area (Å²) in [6.07, 6.45) is -2.51. The zero-order valence-electron chi connectivity index (χ0n) is 25.2. The Labute approximate surface area is 269 Å². The van der Waals surface area contributed by atoms with E-state index in [4.69, 9.17) is 28.2 Å². The predicted octanol–water partition coefficient (Wildman–Crippen LogP) is 6.98. The van der Waals surface area contributed by atoms with E-state index in [-0.39, 0.29) is 50.1 Å². The van der Waals surface area contributed by atoms with Crippen LogP contribution >= 0.6 is 23.2 Å². The number of nitrogens with one attached hydrogen (secondary N) is 4. The van der Waals surface area contributed by atoms with Crippen LogP contribution in [0.1, 0.15) is 68.8 Å². The number of hydrogen-bond donors (Lipinski definition) is 4. The zero-order valence-corrected chi connectivity index (χ0v) is 26.8. The molecule has 6 rings (SSSR count). The van der Waals surface area contributed by atoms with Gasteiger partial charge in [-0.3, -0.25) is 9.59 Å². The predicted molar refractivity (Wildman–Crippen MR) is 168 cm³/mol. The fourth-order valence-electron chi connectivity index (χ4n) is 6.20. The van der Waals surface area contributed by atoms with Crippen molar-refractivity contribution in [2.24, 2.45) is 23.2 Å². The minimum Gasteiger partial charge on any atom is -0.355 e. The van der Waals surface area contributed by atoms with Gasteiger partial charge in [-0.1, -0.05) is 50.0 Å². The van der Waals surface area contributed by atoms with Crippen LogP contribution in [0.4, 0.5) is 30.6 Å². The molecule has 9 nitrogen and oxygen atoms in total. The van der Waals surface area contributed by atoms with E-state index in [2.05, 4.69) is 30.8 Å². The maximum atomic E-state index is 13.6. The molecule has 3 fully saturated rings. The van der Waals surface area contributed by atoms with Crippen molar-refractivity contribution in [3.63, 3.8) is 0 Å². The van der Waals surface area contributed by atoms with Crippen molar-refractivity contribution in [3.05, 3.63) is 39.4 Å². The molecule has 3 aliphatic rings. The van der Waals surface area contributed by atoms with Gasteiger partial charge in [0.1, 0.15) is 11.3 Å². The van der Waals surface area contributed by atoms with Gasteiger partial charge >= 0.3 is 6.18 Å². The number of H-pyrrole nitrogens is 1. The van der Waals surface area contributed by atoms with Gasteiger partial charge in [-0.25, -0.2) is 9.97 Å². The van der Waals surface area contributed by atoms with Crippen LogP contribution in [0.15, 0.2) is 18.2 Å². The number of aromatic nitrogens is 3. The lowest BCUT2D eigenvalue weighted by atomic mass is 9.85. The Balaban J connectivity index is 1.24. The van der Waals surface area contributed by atoms with E-state index in [1.165, 1.54) is 6.42 Å². The SMILES string of the molecule is CC(C)(C)C(=O)NCc1ccc(Cl)c(Nc2nc3cc(C(=O)N[C@H]4CC[C@H](C(F)(F)F)CC4)c(N4CC5CC5C4)nc3[nH]2)c1Cl. The summed E-state index contributed by atoms with van der Waals surface area (Å²) in [5, 5.41) is 9.65. The fraction of sp³-hybridized carbons (Fsp3) is 0.548. The van der Waals surface area contributed by atoms with Gasteiger partial charge in [0, 0.05) is 31.1 Å². The largest absolute Gasteiger partial charge is 0.391 e. The van der Waals surface area contributed by atoms with Crippen LogP contribution < -0.4 is 20.9 Å². The topological polar surface area (TPSA) is 115 Å². The Kier molecular flexibility index (Phi) is 8.34. The van der Waals surface area contributed by atoms with Crippen molar-refractivity contribution >= 4 is 63.6 Å². The summed E-state index contributed by atoms with van der Waals surface area (Å²) in [6, 6.07) is 4.75.